The molecular weight excluding hydrogens is 570 g/mol. The highest BCUT2D eigenvalue weighted by molar-refractivity contribution is 6.07. The summed E-state index contributed by atoms with van der Waals surface area (Å²) in [5, 5.41) is 0.906. The van der Waals surface area contributed by atoms with Crippen LogP contribution >= 0.6 is 0 Å². The first-order valence-corrected chi connectivity index (χ1v) is 16.7. The number of hydrogen-bond acceptors (Lipinski definition) is 5. The molecule has 0 spiro atoms. The van der Waals surface area contributed by atoms with E-state index < -0.39 is 0 Å². The Balaban J connectivity index is 1.11. The van der Waals surface area contributed by atoms with E-state index in [-0.39, 0.29) is 18.7 Å². The van der Waals surface area contributed by atoms with Crippen molar-refractivity contribution in [2.75, 3.05) is 33.0 Å². The van der Waals surface area contributed by atoms with Crippen molar-refractivity contribution in [3.05, 3.63) is 114 Å². The number of likely N-dealkylation sites (tertiary alicyclic amines) is 2. The number of carbonyl (C=O) groups excluding carboxylic acids is 1. The van der Waals surface area contributed by atoms with Gasteiger partial charge < -0.3 is 19.3 Å². The number of aromatic nitrogens is 1. The number of fused-ring (bicyclic) bond motifs is 2. The number of hydrogen-bond donors (Lipinski definition) is 0. The van der Waals surface area contributed by atoms with Gasteiger partial charge in [-0.2, -0.15) is 0 Å². The molecule has 1 aromatic heterocycles. The number of carbonyl (C=O) groups is 1. The third kappa shape index (κ3) is 5.85. The van der Waals surface area contributed by atoms with Crippen LogP contribution in [-0.4, -0.2) is 59.7 Å². The Bertz CT molecular complexity index is 1870. The van der Waals surface area contributed by atoms with Gasteiger partial charge in [-0.15, -0.1) is 0 Å². The summed E-state index contributed by atoms with van der Waals surface area (Å²) in [6.45, 7) is 4.32. The van der Waals surface area contributed by atoms with Crippen LogP contribution in [0.1, 0.15) is 47.3 Å². The van der Waals surface area contributed by atoms with Crippen LogP contribution in [0, 0.1) is 0 Å². The molecule has 0 aliphatic carbocycles. The van der Waals surface area contributed by atoms with Crippen molar-refractivity contribution in [3.8, 4) is 33.8 Å². The standard InChI is InChI=1S/C40H39N3O3/c44-40(43-22-6-9-34(43)26-42-20-4-5-21-42)36-25-33(17-12-28-10-13-30(14-11-28)29-7-2-1-3-8-29)41-37-18-15-31(23-35(36)37)32-16-19-38-39(24-32)46-27-45-38/h1-3,7-8,10-11,13-16,18-19,23-25,34H,4-6,9,12,17,20-22,26-27H2/t34-/m0/s1. The van der Waals surface area contributed by atoms with Crippen LogP contribution < -0.4 is 9.47 Å². The predicted octanol–water partition coefficient (Wildman–Crippen LogP) is 7.78. The van der Waals surface area contributed by atoms with Gasteiger partial charge >= 0.3 is 0 Å². The van der Waals surface area contributed by atoms with Crippen LogP contribution in [0.4, 0.5) is 0 Å². The second kappa shape index (κ2) is 12.6. The van der Waals surface area contributed by atoms with Crippen molar-refractivity contribution in [2.24, 2.45) is 0 Å². The molecule has 4 aromatic carbocycles. The molecule has 6 nitrogen and oxygen atoms in total. The number of benzene rings is 4. The minimum Gasteiger partial charge on any atom is -0.454 e. The average molecular weight is 610 g/mol. The summed E-state index contributed by atoms with van der Waals surface area (Å²) in [6, 6.07) is 33.9. The third-order valence-corrected chi connectivity index (χ3v) is 9.83. The van der Waals surface area contributed by atoms with Crippen LogP contribution in [0.3, 0.4) is 0 Å². The van der Waals surface area contributed by atoms with Crippen LogP contribution in [-0.2, 0) is 12.8 Å². The smallest absolute Gasteiger partial charge is 0.254 e. The summed E-state index contributed by atoms with van der Waals surface area (Å²) in [5.41, 5.74) is 8.33. The van der Waals surface area contributed by atoms with Crippen molar-refractivity contribution in [2.45, 2.75) is 44.6 Å². The summed E-state index contributed by atoms with van der Waals surface area (Å²) < 4.78 is 11.2. The van der Waals surface area contributed by atoms with E-state index in [2.05, 4.69) is 82.6 Å². The highest BCUT2D eigenvalue weighted by Crippen LogP contribution is 2.37. The van der Waals surface area contributed by atoms with Gasteiger partial charge in [-0.05, 0) is 110 Å². The zero-order valence-corrected chi connectivity index (χ0v) is 26.2. The lowest BCUT2D eigenvalue weighted by Crippen LogP contribution is -2.42. The maximum Gasteiger partial charge on any atom is 0.254 e. The quantitative estimate of drug-likeness (QED) is 0.180. The lowest BCUT2D eigenvalue weighted by atomic mass is 9.97. The molecule has 1 atom stereocenters. The molecule has 0 N–H and O–H groups in total. The van der Waals surface area contributed by atoms with Crippen LogP contribution in [0.5, 0.6) is 11.5 Å². The fraction of sp³-hybridized carbons (Fsp3) is 0.300. The van der Waals surface area contributed by atoms with Crippen LogP contribution in [0.15, 0.2) is 97.1 Å². The Kier molecular flexibility index (Phi) is 7.88. The fourth-order valence-corrected chi connectivity index (χ4v) is 7.32. The van der Waals surface area contributed by atoms with Crippen LogP contribution in [0.2, 0.25) is 0 Å². The van der Waals surface area contributed by atoms with E-state index in [1.807, 2.05) is 24.3 Å². The van der Waals surface area contributed by atoms with Gasteiger partial charge in [0, 0.05) is 30.2 Å². The minimum absolute atomic E-state index is 0.130. The van der Waals surface area contributed by atoms with Crippen molar-refractivity contribution in [1.82, 2.24) is 14.8 Å². The Labute approximate surface area is 270 Å². The first-order valence-electron chi connectivity index (χ1n) is 16.7. The molecule has 5 aromatic rings. The summed E-state index contributed by atoms with van der Waals surface area (Å²) in [5.74, 6) is 1.64. The average Bonchev–Trinajstić information content (AvgIpc) is 3.90. The van der Waals surface area contributed by atoms with Crippen molar-refractivity contribution in [1.29, 1.82) is 0 Å². The van der Waals surface area contributed by atoms with E-state index in [9.17, 15) is 4.79 Å². The summed E-state index contributed by atoms with van der Waals surface area (Å²) in [4.78, 5) is 24.3. The maximum atomic E-state index is 14.5. The second-order valence-corrected chi connectivity index (χ2v) is 12.8. The van der Waals surface area contributed by atoms with E-state index in [0.717, 1.165) is 96.6 Å². The van der Waals surface area contributed by atoms with Gasteiger partial charge in [0.1, 0.15) is 0 Å². The molecule has 0 bridgehead atoms. The first-order chi connectivity index (χ1) is 22.7. The molecule has 6 heteroatoms. The van der Waals surface area contributed by atoms with Gasteiger partial charge in [-0.3, -0.25) is 9.78 Å². The Morgan fingerprint density at radius 1 is 0.717 bits per heavy atom. The number of aryl methyl sites for hydroxylation is 2. The van der Waals surface area contributed by atoms with Crippen molar-refractivity contribution < 1.29 is 14.3 Å². The lowest BCUT2D eigenvalue weighted by Gasteiger charge is -2.29. The maximum absolute atomic E-state index is 14.5. The second-order valence-electron chi connectivity index (χ2n) is 12.8. The molecular formula is C40H39N3O3. The molecule has 46 heavy (non-hydrogen) atoms. The van der Waals surface area contributed by atoms with Gasteiger partial charge in [0.2, 0.25) is 6.79 Å². The number of nitrogens with zero attached hydrogens (tertiary/aromatic N) is 3. The number of amides is 1. The Morgan fingerprint density at radius 3 is 2.30 bits per heavy atom. The number of rotatable bonds is 8. The topological polar surface area (TPSA) is 54.9 Å². The zero-order valence-electron chi connectivity index (χ0n) is 26.2. The number of ether oxygens (including phenoxy) is 2. The Morgan fingerprint density at radius 2 is 1.46 bits per heavy atom. The number of pyridine rings is 1. The predicted molar refractivity (Wildman–Crippen MR) is 182 cm³/mol. The Hall–Kier alpha value is -4.68. The monoisotopic (exact) mass is 609 g/mol. The SMILES string of the molecule is O=C(c1cc(CCc2ccc(-c3ccccc3)cc2)nc2ccc(-c3ccc4c(c3)OCO4)cc12)N1CCC[C@H]1CN1CCCC1. The molecule has 3 aliphatic heterocycles. The normalized spacial score (nSPS) is 17.7. The van der Waals surface area contributed by atoms with Crippen LogP contribution in [0.25, 0.3) is 33.2 Å². The molecule has 0 saturated carbocycles. The highest BCUT2D eigenvalue weighted by Gasteiger charge is 2.32. The lowest BCUT2D eigenvalue weighted by molar-refractivity contribution is 0.0710. The van der Waals surface area contributed by atoms with Gasteiger partial charge in [-0.25, -0.2) is 0 Å². The summed E-state index contributed by atoms with van der Waals surface area (Å²) >= 11 is 0. The molecule has 2 saturated heterocycles. The summed E-state index contributed by atoms with van der Waals surface area (Å²) in [7, 11) is 0. The highest BCUT2D eigenvalue weighted by atomic mass is 16.7. The molecule has 2 fully saturated rings. The fourth-order valence-electron chi connectivity index (χ4n) is 7.32. The van der Waals surface area contributed by atoms with E-state index in [0.29, 0.717) is 0 Å². The zero-order chi connectivity index (χ0) is 30.9. The van der Waals surface area contributed by atoms with Gasteiger partial charge in [0.25, 0.3) is 5.91 Å². The first kappa shape index (κ1) is 28.8. The van der Waals surface area contributed by atoms with E-state index in [1.54, 1.807) is 0 Å². The van der Waals surface area contributed by atoms with E-state index >= 15 is 0 Å². The largest absolute Gasteiger partial charge is 0.454 e. The molecule has 8 rings (SSSR count). The molecule has 1 amide bonds. The van der Waals surface area contributed by atoms with Gasteiger partial charge in [0.15, 0.2) is 11.5 Å². The van der Waals surface area contributed by atoms with E-state index in [1.165, 1.54) is 29.5 Å². The van der Waals surface area contributed by atoms with Crippen molar-refractivity contribution >= 4 is 16.8 Å². The van der Waals surface area contributed by atoms with E-state index in [4.69, 9.17) is 14.5 Å². The third-order valence-electron chi connectivity index (χ3n) is 9.83. The summed E-state index contributed by atoms with van der Waals surface area (Å²) in [6.07, 6.45) is 6.27. The van der Waals surface area contributed by atoms with Crippen molar-refractivity contribution in [3.63, 3.8) is 0 Å². The molecule has 3 aliphatic rings. The molecule has 0 radical (unpaired) electrons. The minimum atomic E-state index is 0.130. The molecule has 232 valence electrons. The molecule has 4 heterocycles. The van der Waals surface area contributed by atoms with Gasteiger partial charge in [0.05, 0.1) is 11.1 Å². The van der Waals surface area contributed by atoms with Gasteiger partial charge in [-0.1, -0.05) is 66.7 Å². The molecule has 0 unspecified atom stereocenters.